The van der Waals surface area contributed by atoms with E-state index < -0.39 is 5.82 Å². The molecule has 2 aromatic rings. The molecule has 0 saturated carbocycles. The molecule has 0 saturated heterocycles. The summed E-state index contributed by atoms with van der Waals surface area (Å²) in [5.41, 5.74) is 1.10. The summed E-state index contributed by atoms with van der Waals surface area (Å²) in [4.78, 5) is 23.9. The Hall–Kier alpha value is -1.85. The Balaban J connectivity index is 1.94. The molecule has 0 aliphatic rings. The molecule has 6 heteroatoms. The molecule has 0 spiro atoms. The smallest absolute Gasteiger partial charge is 0.234 e. The average molecular weight is 338 g/mol. The second-order valence-corrected chi connectivity index (χ2v) is 6.01. The van der Waals surface area contributed by atoms with Crippen molar-refractivity contribution in [3.8, 4) is 0 Å². The Labute approximate surface area is 136 Å². The lowest BCUT2D eigenvalue weighted by Crippen LogP contribution is -2.14. The highest BCUT2D eigenvalue weighted by Crippen LogP contribution is 2.24. The number of carbonyl (C=O) groups is 2. The van der Waals surface area contributed by atoms with E-state index in [1.54, 1.807) is 30.3 Å². The molecule has 1 N–H and O–H groups in total. The molecule has 3 nitrogen and oxygen atoms in total. The van der Waals surface area contributed by atoms with Crippen LogP contribution in [0.15, 0.2) is 47.4 Å². The summed E-state index contributed by atoms with van der Waals surface area (Å²) in [6, 6.07) is 11.0. The van der Waals surface area contributed by atoms with E-state index in [-0.39, 0.29) is 22.5 Å². The predicted octanol–water partition coefficient (Wildman–Crippen LogP) is 4.41. The number of Topliss-reactive ketones (excluding diaryl/α,β-unsaturated/α-hetero) is 1. The first kappa shape index (κ1) is 16.5. The van der Waals surface area contributed by atoms with E-state index in [2.05, 4.69) is 5.32 Å². The topological polar surface area (TPSA) is 46.2 Å². The zero-order valence-corrected chi connectivity index (χ0v) is 13.3. The minimum Gasteiger partial charge on any atom is -0.325 e. The molecule has 0 aromatic heterocycles. The zero-order valence-electron chi connectivity index (χ0n) is 11.7. The first-order chi connectivity index (χ1) is 10.5. The van der Waals surface area contributed by atoms with Gasteiger partial charge in [0.2, 0.25) is 5.91 Å². The molecule has 0 aliphatic heterocycles. The van der Waals surface area contributed by atoms with Crippen molar-refractivity contribution in [1.29, 1.82) is 0 Å². The van der Waals surface area contributed by atoms with Gasteiger partial charge in [-0.15, -0.1) is 11.8 Å². The van der Waals surface area contributed by atoms with Gasteiger partial charge in [-0.25, -0.2) is 4.39 Å². The van der Waals surface area contributed by atoms with E-state index in [9.17, 15) is 14.0 Å². The largest absolute Gasteiger partial charge is 0.325 e. The van der Waals surface area contributed by atoms with Crippen LogP contribution in [0.5, 0.6) is 0 Å². The van der Waals surface area contributed by atoms with Gasteiger partial charge in [-0.05, 0) is 37.3 Å². The molecule has 2 rings (SSSR count). The number of nitrogens with one attached hydrogen (secondary N) is 1. The number of anilines is 1. The van der Waals surface area contributed by atoms with Crippen molar-refractivity contribution in [3.05, 3.63) is 58.9 Å². The van der Waals surface area contributed by atoms with E-state index in [0.29, 0.717) is 16.1 Å². The Morgan fingerprint density at radius 3 is 2.68 bits per heavy atom. The van der Waals surface area contributed by atoms with Gasteiger partial charge >= 0.3 is 0 Å². The number of benzene rings is 2. The molecule has 0 fully saturated rings. The van der Waals surface area contributed by atoms with Crippen LogP contribution in [0.3, 0.4) is 0 Å². The number of thioether (sulfide) groups is 1. The first-order valence-electron chi connectivity index (χ1n) is 6.44. The molecule has 0 unspecified atom stereocenters. The summed E-state index contributed by atoms with van der Waals surface area (Å²) >= 11 is 6.94. The molecule has 0 aliphatic carbocycles. The lowest BCUT2D eigenvalue weighted by Gasteiger charge is -2.06. The van der Waals surface area contributed by atoms with Crippen LogP contribution in [0.25, 0.3) is 0 Å². The minimum atomic E-state index is -0.489. The summed E-state index contributed by atoms with van der Waals surface area (Å²) in [5.74, 6) is -0.610. The number of hydrogen-bond acceptors (Lipinski definition) is 3. The first-order valence-corrected chi connectivity index (χ1v) is 7.81. The minimum absolute atomic E-state index is 0.0274. The fourth-order valence-electron chi connectivity index (χ4n) is 1.73. The van der Waals surface area contributed by atoms with Crippen LogP contribution < -0.4 is 5.32 Å². The Bertz CT molecular complexity index is 721. The van der Waals surface area contributed by atoms with E-state index >= 15 is 0 Å². The molecule has 0 bridgehead atoms. The van der Waals surface area contributed by atoms with Gasteiger partial charge in [-0.3, -0.25) is 9.59 Å². The van der Waals surface area contributed by atoms with Crippen LogP contribution in [0.2, 0.25) is 5.02 Å². The number of amides is 1. The third kappa shape index (κ3) is 4.58. The molecule has 22 heavy (non-hydrogen) atoms. The second kappa shape index (κ2) is 7.42. The zero-order chi connectivity index (χ0) is 16.1. The third-order valence-electron chi connectivity index (χ3n) is 2.81. The quantitative estimate of drug-likeness (QED) is 0.649. The van der Waals surface area contributed by atoms with Crippen LogP contribution in [-0.2, 0) is 4.79 Å². The van der Waals surface area contributed by atoms with E-state index in [1.165, 1.54) is 30.8 Å². The average Bonchev–Trinajstić information content (AvgIpc) is 2.49. The summed E-state index contributed by atoms with van der Waals surface area (Å²) in [6.07, 6.45) is 0. The number of ketones is 1. The van der Waals surface area contributed by atoms with Crippen molar-refractivity contribution < 1.29 is 14.0 Å². The van der Waals surface area contributed by atoms with Crippen LogP contribution >= 0.6 is 23.4 Å². The fraction of sp³-hybridized carbons (Fsp3) is 0.125. The normalized spacial score (nSPS) is 10.3. The van der Waals surface area contributed by atoms with Gasteiger partial charge in [0.15, 0.2) is 5.78 Å². The molecular formula is C16H13ClFNO2S. The monoisotopic (exact) mass is 337 g/mol. The van der Waals surface area contributed by atoms with Crippen molar-refractivity contribution in [3.63, 3.8) is 0 Å². The maximum Gasteiger partial charge on any atom is 0.234 e. The molecule has 0 atom stereocenters. The Morgan fingerprint density at radius 2 is 2.00 bits per heavy atom. The van der Waals surface area contributed by atoms with Gasteiger partial charge in [0.05, 0.1) is 10.8 Å². The lowest BCUT2D eigenvalue weighted by molar-refractivity contribution is -0.113. The van der Waals surface area contributed by atoms with Gasteiger partial charge in [0.1, 0.15) is 5.82 Å². The van der Waals surface area contributed by atoms with Crippen molar-refractivity contribution in [1.82, 2.24) is 0 Å². The number of halogens is 2. The highest BCUT2D eigenvalue weighted by molar-refractivity contribution is 8.00. The van der Waals surface area contributed by atoms with E-state index in [1.807, 2.05) is 0 Å². The van der Waals surface area contributed by atoms with Gasteiger partial charge in [-0.1, -0.05) is 23.7 Å². The number of hydrogen-bond donors (Lipinski definition) is 1. The Morgan fingerprint density at radius 1 is 1.23 bits per heavy atom. The van der Waals surface area contributed by atoms with E-state index in [0.717, 1.165) is 0 Å². The molecule has 0 radical (unpaired) electrons. The fourth-order valence-corrected chi connectivity index (χ4v) is 2.71. The molecular weight excluding hydrogens is 325 g/mol. The van der Waals surface area contributed by atoms with Crippen molar-refractivity contribution in [2.45, 2.75) is 11.8 Å². The summed E-state index contributed by atoms with van der Waals surface area (Å²) in [7, 11) is 0. The summed E-state index contributed by atoms with van der Waals surface area (Å²) in [6.45, 7) is 1.47. The predicted molar refractivity (Wildman–Crippen MR) is 87.2 cm³/mol. The highest BCUT2D eigenvalue weighted by Gasteiger charge is 2.07. The van der Waals surface area contributed by atoms with Crippen LogP contribution in [0, 0.1) is 5.82 Å². The van der Waals surface area contributed by atoms with Gasteiger partial charge in [0.25, 0.3) is 0 Å². The standard InChI is InChI=1S/C16H13ClFNO2S/c1-10(20)11-3-2-4-12(7-11)19-16(21)9-22-13-5-6-15(18)14(17)8-13/h2-8H,9H2,1H3,(H,19,21). The van der Waals surface area contributed by atoms with Gasteiger partial charge < -0.3 is 5.32 Å². The molecule has 114 valence electrons. The summed E-state index contributed by atoms with van der Waals surface area (Å²) in [5, 5.41) is 2.74. The van der Waals surface area contributed by atoms with E-state index in [4.69, 9.17) is 11.6 Å². The molecule has 2 aromatic carbocycles. The highest BCUT2D eigenvalue weighted by atomic mass is 35.5. The van der Waals surface area contributed by atoms with Crippen LogP contribution in [-0.4, -0.2) is 17.4 Å². The van der Waals surface area contributed by atoms with Crippen molar-refractivity contribution in [2.24, 2.45) is 0 Å². The molecule has 0 heterocycles. The van der Waals surface area contributed by atoms with Crippen molar-refractivity contribution >= 4 is 40.7 Å². The Kier molecular flexibility index (Phi) is 5.57. The summed E-state index contributed by atoms with van der Waals surface area (Å²) < 4.78 is 13.0. The number of rotatable bonds is 5. The van der Waals surface area contributed by atoms with Gasteiger partial charge in [-0.2, -0.15) is 0 Å². The SMILES string of the molecule is CC(=O)c1cccc(NC(=O)CSc2ccc(F)c(Cl)c2)c1. The van der Waals surface area contributed by atoms with Crippen LogP contribution in [0.4, 0.5) is 10.1 Å². The molecule has 1 amide bonds. The lowest BCUT2D eigenvalue weighted by atomic mass is 10.1. The van der Waals surface area contributed by atoms with Gasteiger partial charge in [0, 0.05) is 16.1 Å². The second-order valence-electron chi connectivity index (χ2n) is 4.55. The van der Waals surface area contributed by atoms with Crippen LogP contribution in [0.1, 0.15) is 17.3 Å². The maximum absolute atomic E-state index is 13.0. The van der Waals surface area contributed by atoms with Crippen molar-refractivity contribution in [2.75, 3.05) is 11.1 Å². The third-order valence-corrected chi connectivity index (χ3v) is 4.10. The number of carbonyl (C=O) groups excluding carboxylic acids is 2. The maximum atomic E-state index is 13.0.